The summed E-state index contributed by atoms with van der Waals surface area (Å²) in [6, 6.07) is 5.33. The second-order valence-corrected chi connectivity index (χ2v) is 5.05. The smallest absolute Gasteiger partial charge is 0.207 e. The van der Waals surface area contributed by atoms with E-state index in [9.17, 15) is 4.39 Å². The maximum atomic E-state index is 13.6. The topological polar surface area (TPSA) is 29.9 Å². The van der Waals surface area contributed by atoms with Crippen LogP contribution in [-0.4, -0.2) is 9.55 Å². The summed E-state index contributed by atoms with van der Waals surface area (Å²) >= 11 is 3.33. The van der Waals surface area contributed by atoms with Gasteiger partial charge in [-0.25, -0.2) is 9.37 Å². The van der Waals surface area contributed by atoms with Gasteiger partial charge in [-0.05, 0) is 31.0 Å². The number of aromatic nitrogens is 2. The largest absolute Gasteiger partial charge is 0.323 e. The predicted molar refractivity (Wildman–Crippen MR) is 67.9 cm³/mol. The maximum Gasteiger partial charge on any atom is 0.207 e. The van der Waals surface area contributed by atoms with Gasteiger partial charge in [0.2, 0.25) is 5.95 Å². The van der Waals surface area contributed by atoms with E-state index in [1.165, 1.54) is 18.9 Å². The zero-order valence-corrected chi connectivity index (χ0v) is 10.6. The summed E-state index contributed by atoms with van der Waals surface area (Å²) in [6.07, 6.45) is 6.00. The second kappa shape index (κ2) is 4.14. The van der Waals surface area contributed by atoms with Crippen LogP contribution >= 0.6 is 15.9 Å². The molecule has 0 unspecified atom stereocenters. The highest BCUT2D eigenvalue weighted by Crippen LogP contribution is 2.37. The first-order chi connectivity index (χ1) is 8.24. The highest BCUT2D eigenvalue weighted by molar-refractivity contribution is 9.10. The van der Waals surface area contributed by atoms with Crippen LogP contribution in [0.25, 0.3) is 0 Å². The zero-order chi connectivity index (χ0) is 11.8. The number of hydrogen-bond acceptors (Lipinski definition) is 2. The Morgan fingerprint density at radius 2 is 2.24 bits per heavy atom. The minimum absolute atomic E-state index is 0.279. The van der Waals surface area contributed by atoms with Crippen molar-refractivity contribution < 1.29 is 4.39 Å². The lowest BCUT2D eigenvalue weighted by molar-refractivity contribution is 0.630. The average molecular weight is 296 g/mol. The van der Waals surface area contributed by atoms with Crippen molar-refractivity contribution in [2.75, 3.05) is 5.32 Å². The summed E-state index contributed by atoms with van der Waals surface area (Å²) in [6.45, 7) is 0. The van der Waals surface area contributed by atoms with E-state index < -0.39 is 0 Å². The van der Waals surface area contributed by atoms with Crippen LogP contribution in [0.5, 0.6) is 0 Å². The first-order valence-electron chi connectivity index (χ1n) is 5.49. The maximum absolute atomic E-state index is 13.6. The highest BCUT2D eigenvalue weighted by Gasteiger charge is 2.25. The summed E-state index contributed by atoms with van der Waals surface area (Å²) < 4.78 is 16.5. The third-order valence-electron chi connectivity index (χ3n) is 2.78. The van der Waals surface area contributed by atoms with Crippen LogP contribution in [0.2, 0.25) is 0 Å². The van der Waals surface area contributed by atoms with E-state index in [-0.39, 0.29) is 5.82 Å². The molecule has 1 N–H and O–H groups in total. The molecule has 1 aliphatic carbocycles. The SMILES string of the molecule is Fc1ccc(Br)cc1Nc1nccn1C1CC1. The van der Waals surface area contributed by atoms with Gasteiger partial charge in [0.15, 0.2) is 0 Å². The Morgan fingerprint density at radius 1 is 1.41 bits per heavy atom. The number of benzene rings is 1. The summed E-state index contributed by atoms with van der Waals surface area (Å²) in [5.41, 5.74) is 0.437. The molecular formula is C12H11BrFN3. The number of nitrogens with one attached hydrogen (secondary N) is 1. The van der Waals surface area contributed by atoms with Crippen molar-refractivity contribution in [3.63, 3.8) is 0 Å². The fourth-order valence-corrected chi connectivity index (χ4v) is 2.13. The molecule has 1 saturated carbocycles. The number of hydrogen-bond donors (Lipinski definition) is 1. The molecule has 0 atom stereocenters. The van der Waals surface area contributed by atoms with Gasteiger partial charge in [-0.15, -0.1) is 0 Å². The van der Waals surface area contributed by atoms with Gasteiger partial charge in [0.05, 0.1) is 5.69 Å². The van der Waals surface area contributed by atoms with Crippen molar-refractivity contribution in [1.82, 2.24) is 9.55 Å². The van der Waals surface area contributed by atoms with E-state index >= 15 is 0 Å². The summed E-state index contributed by atoms with van der Waals surface area (Å²) in [5.74, 6) is 0.419. The third kappa shape index (κ3) is 2.20. The Hall–Kier alpha value is -1.36. The van der Waals surface area contributed by atoms with Crippen LogP contribution in [0.3, 0.4) is 0 Å². The second-order valence-electron chi connectivity index (χ2n) is 4.14. The predicted octanol–water partition coefficient (Wildman–Crippen LogP) is 3.86. The standard InChI is InChI=1S/C12H11BrFN3/c13-8-1-4-10(14)11(7-8)16-12-15-5-6-17(12)9-2-3-9/h1,4-7,9H,2-3H2,(H,15,16). The van der Waals surface area contributed by atoms with Crippen molar-refractivity contribution in [3.8, 4) is 0 Å². The lowest BCUT2D eigenvalue weighted by Crippen LogP contribution is -2.02. The summed E-state index contributed by atoms with van der Waals surface area (Å²) in [7, 11) is 0. The minimum Gasteiger partial charge on any atom is -0.323 e. The molecule has 0 spiro atoms. The Kier molecular flexibility index (Phi) is 2.63. The van der Waals surface area contributed by atoms with E-state index in [0.29, 0.717) is 17.7 Å². The van der Waals surface area contributed by atoms with E-state index in [1.54, 1.807) is 18.3 Å². The Balaban J connectivity index is 1.90. The molecule has 1 heterocycles. The third-order valence-corrected chi connectivity index (χ3v) is 3.28. The normalized spacial score (nSPS) is 14.9. The van der Waals surface area contributed by atoms with Crippen LogP contribution in [0.1, 0.15) is 18.9 Å². The number of nitrogens with zero attached hydrogens (tertiary/aromatic N) is 2. The molecule has 5 heteroatoms. The summed E-state index contributed by atoms with van der Waals surface area (Å²) in [4.78, 5) is 4.21. The monoisotopic (exact) mass is 295 g/mol. The lowest BCUT2D eigenvalue weighted by Gasteiger charge is -2.09. The van der Waals surface area contributed by atoms with Gasteiger partial charge in [0, 0.05) is 22.9 Å². The van der Waals surface area contributed by atoms with Crippen molar-refractivity contribution in [1.29, 1.82) is 0 Å². The van der Waals surface area contributed by atoms with Gasteiger partial charge in [0.1, 0.15) is 5.82 Å². The molecule has 3 rings (SSSR count). The van der Waals surface area contributed by atoms with Crippen molar-refractivity contribution in [2.24, 2.45) is 0 Å². The lowest BCUT2D eigenvalue weighted by atomic mass is 10.3. The molecule has 1 aromatic heterocycles. The number of anilines is 2. The number of imidazole rings is 1. The fraction of sp³-hybridized carbons (Fsp3) is 0.250. The van der Waals surface area contributed by atoms with Gasteiger partial charge in [-0.2, -0.15) is 0 Å². The van der Waals surface area contributed by atoms with Crippen molar-refractivity contribution in [3.05, 3.63) is 40.9 Å². The molecule has 0 aliphatic heterocycles. The van der Waals surface area contributed by atoms with E-state index in [1.807, 2.05) is 6.20 Å². The molecule has 0 saturated heterocycles. The molecule has 0 radical (unpaired) electrons. The molecule has 1 aliphatic rings. The van der Waals surface area contributed by atoms with Crippen LogP contribution in [-0.2, 0) is 0 Å². The average Bonchev–Trinajstić information content (AvgIpc) is 3.05. The first-order valence-corrected chi connectivity index (χ1v) is 6.28. The molecular weight excluding hydrogens is 285 g/mol. The van der Waals surface area contributed by atoms with Crippen LogP contribution in [0.15, 0.2) is 35.1 Å². The van der Waals surface area contributed by atoms with Crippen molar-refractivity contribution in [2.45, 2.75) is 18.9 Å². The van der Waals surface area contributed by atoms with Crippen molar-refractivity contribution >= 4 is 27.6 Å². The molecule has 88 valence electrons. The Morgan fingerprint density at radius 3 is 3.00 bits per heavy atom. The van der Waals surface area contributed by atoms with Gasteiger partial charge in [0.25, 0.3) is 0 Å². The van der Waals surface area contributed by atoms with E-state index in [0.717, 1.165) is 4.47 Å². The van der Waals surface area contributed by atoms with E-state index in [4.69, 9.17) is 0 Å². The Bertz CT molecular complexity index is 548. The molecule has 1 fully saturated rings. The number of rotatable bonds is 3. The highest BCUT2D eigenvalue weighted by atomic mass is 79.9. The minimum atomic E-state index is -0.279. The van der Waals surface area contributed by atoms with Crippen LogP contribution in [0, 0.1) is 5.82 Å². The van der Waals surface area contributed by atoms with E-state index in [2.05, 4.69) is 30.8 Å². The zero-order valence-electron chi connectivity index (χ0n) is 9.03. The fourth-order valence-electron chi connectivity index (χ4n) is 1.77. The molecule has 1 aromatic carbocycles. The quantitative estimate of drug-likeness (QED) is 0.932. The Labute approximate surface area is 107 Å². The molecule has 0 amide bonds. The molecule has 0 bridgehead atoms. The van der Waals surface area contributed by atoms with Gasteiger partial charge in [-0.3, -0.25) is 0 Å². The first kappa shape index (κ1) is 10.8. The van der Waals surface area contributed by atoms with Gasteiger partial charge < -0.3 is 9.88 Å². The van der Waals surface area contributed by atoms with Gasteiger partial charge >= 0.3 is 0 Å². The molecule has 2 aromatic rings. The summed E-state index contributed by atoms with van der Waals surface area (Å²) in [5, 5.41) is 3.03. The van der Waals surface area contributed by atoms with Gasteiger partial charge in [-0.1, -0.05) is 15.9 Å². The van der Waals surface area contributed by atoms with Crippen LogP contribution in [0.4, 0.5) is 16.0 Å². The molecule has 17 heavy (non-hydrogen) atoms. The molecule has 3 nitrogen and oxygen atoms in total. The van der Waals surface area contributed by atoms with Crippen LogP contribution < -0.4 is 5.32 Å². The number of halogens is 2.